The van der Waals surface area contributed by atoms with Crippen molar-refractivity contribution in [2.45, 2.75) is 26.3 Å². The van der Waals surface area contributed by atoms with E-state index in [1.165, 1.54) is 10.5 Å². The van der Waals surface area contributed by atoms with Crippen molar-refractivity contribution < 1.29 is 23.9 Å². The number of aryl methyl sites for hydroxylation is 1. The number of rotatable bonds is 10. The molecule has 1 N–H and O–H groups in total. The molecule has 0 atom stereocenters. The Hall–Kier alpha value is -4.20. The van der Waals surface area contributed by atoms with Gasteiger partial charge in [-0.3, -0.25) is 24.3 Å². The summed E-state index contributed by atoms with van der Waals surface area (Å²) in [4.78, 5) is 43.2. The van der Waals surface area contributed by atoms with Gasteiger partial charge in [-0.05, 0) is 53.9 Å². The van der Waals surface area contributed by atoms with E-state index in [1.807, 2.05) is 30.3 Å². The van der Waals surface area contributed by atoms with Crippen molar-refractivity contribution in [3.8, 4) is 11.5 Å². The molecule has 8 heteroatoms. The Morgan fingerprint density at radius 2 is 1.94 bits per heavy atom. The predicted molar refractivity (Wildman–Crippen MR) is 131 cm³/mol. The van der Waals surface area contributed by atoms with Gasteiger partial charge in [0.1, 0.15) is 18.0 Å². The molecule has 0 unspecified atom stereocenters. The Balaban J connectivity index is 1.40. The third-order valence-electron chi connectivity index (χ3n) is 5.57. The second-order valence-corrected chi connectivity index (χ2v) is 8.19. The molecule has 8 nitrogen and oxygen atoms in total. The number of hydrogen-bond acceptors (Lipinski definition) is 6. The number of hydrogen-bond donors (Lipinski definition) is 1. The molecule has 2 amide bonds. The molecular weight excluding hydrogens is 446 g/mol. The molecular formula is C27H27N3O5. The summed E-state index contributed by atoms with van der Waals surface area (Å²) < 4.78 is 11.2. The summed E-state index contributed by atoms with van der Waals surface area (Å²) in [6, 6.07) is 16.1. The fraction of sp³-hybridized carbons (Fsp3) is 0.259. The number of ether oxygens (including phenoxy) is 2. The van der Waals surface area contributed by atoms with Crippen LogP contribution in [0.5, 0.6) is 11.5 Å². The van der Waals surface area contributed by atoms with Crippen molar-refractivity contribution >= 4 is 23.3 Å². The molecule has 3 aromatic rings. The van der Waals surface area contributed by atoms with E-state index >= 15 is 0 Å². The Kier molecular flexibility index (Phi) is 7.72. The van der Waals surface area contributed by atoms with Crippen molar-refractivity contribution in [2.75, 3.05) is 24.7 Å². The second kappa shape index (κ2) is 11.3. The molecule has 35 heavy (non-hydrogen) atoms. The highest BCUT2D eigenvalue weighted by atomic mass is 16.5. The summed E-state index contributed by atoms with van der Waals surface area (Å²) in [7, 11) is 0. The van der Waals surface area contributed by atoms with Crippen LogP contribution in [0.3, 0.4) is 0 Å². The van der Waals surface area contributed by atoms with Crippen LogP contribution in [0.4, 0.5) is 5.69 Å². The average Bonchev–Trinajstić information content (AvgIpc) is 2.89. The number of anilines is 1. The van der Waals surface area contributed by atoms with Crippen LogP contribution < -0.4 is 19.7 Å². The van der Waals surface area contributed by atoms with Crippen molar-refractivity contribution in [3.63, 3.8) is 0 Å². The van der Waals surface area contributed by atoms with Gasteiger partial charge in [-0.1, -0.05) is 31.5 Å². The molecule has 2 heterocycles. The predicted octanol–water partition coefficient (Wildman–Crippen LogP) is 3.34. The number of fused-ring (bicyclic) bond motifs is 1. The van der Waals surface area contributed by atoms with Gasteiger partial charge in [0.05, 0.1) is 5.69 Å². The molecule has 180 valence electrons. The lowest BCUT2D eigenvalue weighted by molar-refractivity contribution is -0.125. The highest BCUT2D eigenvalue weighted by Gasteiger charge is 2.28. The second-order valence-electron chi connectivity index (χ2n) is 8.19. The van der Waals surface area contributed by atoms with Crippen molar-refractivity contribution in [3.05, 3.63) is 83.7 Å². The minimum Gasteiger partial charge on any atom is -0.485 e. The van der Waals surface area contributed by atoms with Crippen molar-refractivity contribution in [1.82, 2.24) is 10.3 Å². The van der Waals surface area contributed by atoms with E-state index in [9.17, 15) is 14.4 Å². The first-order chi connectivity index (χ1) is 17.0. The van der Waals surface area contributed by atoms with Crippen molar-refractivity contribution in [1.29, 1.82) is 0 Å². The van der Waals surface area contributed by atoms with Crippen molar-refractivity contribution in [2.24, 2.45) is 0 Å². The number of benzene rings is 2. The normalized spacial score (nSPS) is 12.5. The zero-order valence-corrected chi connectivity index (χ0v) is 19.5. The zero-order valence-electron chi connectivity index (χ0n) is 19.5. The van der Waals surface area contributed by atoms with Crippen LogP contribution in [0.25, 0.3) is 0 Å². The van der Waals surface area contributed by atoms with Gasteiger partial charge in [0.15, 0.2) is 19.0 Å². The minimum absolute atomic E-state index is 0.147. The van der Waals surface area contributed by atoms with Gasteiger partial charge >= 0.3 is 0 Å². The number of carbonyl (C=O) groups excluding carboxylic acids is 3. The van der Waals surface area contributed by atoms with Gasteiger partial charge in [0.25, 0.3) is 5.91 Å². The number of pyridine rings is 1. The van der Waals surface area contributed by atoms with Gasteiger partial charge in [0.2, 0.25) is 5.91 Å². The lowest BCUT2D eigenvalue weighted by Crippen LogP contribution is -2.45. The zero-order chi connectivity index (χ0) is 24.6. The van der Waals surface area contributed by atoms with Crippen LogP contribution in [0, 0.1) is 0 Å². The van der Waals surface area contributed by atoms with E-state index in [2.05, 4.69) is 17.2 Å². The number of nitrogens with zero attached hydrogens (tertiary/aromatic N) is 2. The molecule has 1 aliphatic rings. The van der Waals surface area contributed by atoms with Crippen LogP contribution in [0.15, 0.2) is 67.0 Å². The molecule has 0 saturated heterocycles. The number of nitrogens with one attached hydrogen (secondary N) is 1. The SMILES string of the molecule is CCCc1ccc(OCC(=O)c2ccc3c(c2)N(CC(=O)NCc2cccnc2)C(=O)CO3)cc1. The monoisotopic (exact) mass is 473 g/mol. The largest absolute Gasteiger partial charge is 0.485 e. The van der Waals surface area contributed by atoms with E-state index < -0.39 is 0 Å². The number of aromatic nitrogens is 1. The fourth-order valence-corrected chi connectivity index (χ4v) is 3.72. The van der Waals surface area contributed by atoms with Crippen LogP contribution in [0.1, 0.15) is 34.8 Å². The smallest absolute Gasteiger partial charge is 0.265 e. The molecule has 0 aliphatic carbocycles. The van der Waals surface area contributed by atoms with Crippen LogP contribution in [-0.4, -0.2) is 42.3 Å². The molecule has 0 bridgehead atoms. The van der Waals surface area contributed by atoms with E-state index in [4.69, 9.17) is 9.47 Å². The summed E-state index contributed by atoms with van der Waals surface area (Å²) in [5, 5.41) is 2.78. The molecule has 2 aromatic carbocycles. The number of ketones is 1. The highest BCUT2D eigenvalue weighted by Crippen LogP contribution is 2.33. The van der Waals surface area contributed by atoms with Gasteiger partial charge in [-0.2, -0.15) is 0 Å². The standard InChI is InChI=1S/C27H27N3O5/c1-2-4-19-6-9-22(10-7-19)34-17-24(31)21-8-11-25-23(13-21)30(27(33)18-35-25)16-26(32)29-15-20-5-3-12-28-14-20/h3,5-14H,2,4,15-18H2,1H3,(H,29,32). The summed E-state index contributed by atoms with van der Waals surface area (Å²) >= 11 is 0. The Labute approximate surface area is 203 Å². The van der Waals surface area contributed by atoms with E-state index in [0.717, 1.165) is 18.4 Å². The summed E-state index contributed by atoms with van der Waals surface area (Å²) in [6.45, 7) is 1.91. The first kappa shape index (κ1) is 23.9. The Morgan fingerprint density at radius 1 is 1.11 bits per heavy atom. The lowest BCUT2D eigenvalue weighted by Gasteiger charge is -2.29. The van der Waals surface area contributed by atoms with Gasteiger partial charge < -0.3 is 14.8 Å². The Morgan fingerprint density at radius 3 is 2.69 bits per heavy atom. The van der Waals surface area contributed by atoms with Crippen LogP contribution in [-0.2, 0) is 22.6 Å². The van der Waals surface area contributed by atoms with Gasteiger partial charge in [-0.15, -0.1) is 0 Å². The Bertz CT molecular complexity index is 1200. The maximum absolute atomic E-state index is 12.8. The maximum atomic E-state index is 12.8. The molecule has 0 fully saturated rings. The number of carbonyl (C=O) groups is 3. The molecule has 1 aromatic heterocycles. The maximum Gasteiger partial charge on any atom is 0.265 e. The third-order valence-corrected chi connectivity index (χ3v) is 5.57. The quantitative estimate of drug-likeness (QED) is 0.454. The average molecular weight is 474 g/mol. The molecule has 4 rings (SSSR count). The molecule has 0 saturated carbocycles. The minimum atomic E-state index is -0.359. The molecule has 0 spiro atoms. The summed E-state index contributed by atoms with van der Waals surface area (Å²) in [6.07, 6.45) is 5.37. The highest BCUT2D eigenvalue weighted by molar-refractivity contribution is 6.04. The van der Waals surface area contributed by atoms with E-state index in [1.54, 1.807) is 36.7 Å². The number of amides is 2. The van der Waals surface area contributed by atoms with Crippen LogP contribution in [0.2, 0.25) is 0 Å². The number of Topliss-reactive ketones (excluding diaryl/α,β-unsaturated/α-hetero) is 1. The fourth-order valence-electron chi connectivity index (χ4n) is 3.72. The van der Waals surface area contributed by atoms with E-state index in [-0.39, 0.29) is 37.4 Å². The molecule has 0 radical (unpaired) electrons. The first-order valence-corrected chi connectivity index (χ1v) is 11.5. The third kappa shape index (κ3) is 6.23. The van der Waals surface area contributed by atoms with Gasteiger partial charge in [-0.25, -0.2) is 0 Å². The topological polar surface area (TPSA) is 97.8 Å². The summed E-state index contributed by atoms with van der Waals surface area (Å²) in [5.74, 6) is 0.114. The molecule has 1 aliphatic heterocycles. The first-order valence-electron chi connectivity index (χ1n) is 11.5. The van der Waals surface area contributed by atoms with Gasteiger partial charge in [0, 0.05) is 24.5 Å². The van der Waals surface area contributed by atoms with Crippen LogP contribution >= 0.6 is 0 Å². The van der Waals surface area contributed by atoms with E-state index in [0.29, 0.717) is 29.3 Å². The summed E-state index contributed by atoms with van der Waals surface area (Å²) in [5.41, 5.74) is 2.82. The lowest BCUT2D eigenvalue weighted by atomic mass is 10.1.